The maximum Gasteiger partial charge on any atom is 0.0583 e. The first-order chi connectivity index (χ1) is 36.7. The fourth-order valence-corrected chi connectivity index (χ4v) is 3.77. The molecule has 74 heavy (non-hydrogen) atoms. The van der Waals surface area contributed by atoms with Gasteiger partial charge in [-0.25, -0.2) is 0 Å². The molecule has 1 nitrogen and oxygen atoms in total. The molecule has 1 heteroatoms. The molecule has 0 spiro atoms. The fraction of sp³-hybridized carbons (Fsp3) is 0.0685. The number of aryl methyl sites for hydroxylation is 2. The van der Waals surface area contributed by atoms with Gasteiger partial charge in [0.05, 0.1) is 6.10 Å². The topological polar surface area (TPSA) is 20.2 Å². The molecule has 0 bridgehead atoms. The van der Waals surface area contributed by atoms with E-state index >= 15 is 0 Å². The molecule has 314 valence electrons. The highest BCUT2D eigenvalue weighted by molar-refractivity contribution is 5.52. The Morgan fingerprint density at radius 1 is 0.297 bits per heavy atom. The van der Waals surface area contributed by atoms with Crippen LogP contribution in [0.2, 0.25) is 0 Å². The number of hydrogen-bond donors (Lipinski definition) is 1. The number of terminal acetylenes is 2. The zero-order chi connectivity index (χ0) is 53.0. The van der Waals surface area contributed by atoms with Gasteiger partial charge in [0, 0.05) is 260 Å². The fourth-order valence-electron chi connectivity index (χ4n) is 3.77. The lowest BCUT2D eigenvalue weighted by Gasteiger charge is -2.21. The number of aliphatic hydroxyl groups excluding tert-OH is 1. The zero-order valence-electron chi connectivity index (χ0n) is 38.5. The highest BCUT2D eigenvalue weighted by Gasteiger charge is 2.16. The van der Waals surface area contributed by atoms with Crippen LogP contribution >= 0.6 is 0 Å². The average Bonchev–Trinajstić information content (AvgIpc) is 3.41. The largest absolute Gasteiger partial charge is 0.393 e. The van der Waals surface area contributed by atoms with Crippen LogP contribution in [-0.4, -0.2) is 11.2 Å². The van der Waals surface area contributed by atoms with Crippen molar-refractivity contribution in [2.75, 3.05) is 0 Å². The summed E-state index contributed by atoms with van der Waals surface area (Å²) in [6.07, 6.45) is 12.6. The summed E-state index contributed by atoms with van der Waals surface area (Å²) in [5, 5.41) is 9.48. The van der Waals surface area contributed by atoms with Crippen molar-refractivity contribution in [1.29, 1.82) is 0 Å². The molecule has 0 saturated carbocycles. The molecule has 0 radical (unpaired) electrons. The van der Waals surface area contributed by atoms with Gasteiger partial charge in [-0.3, -0.25) is 0 Å². The first-order valence-corrected chi connectivity index (χ1v) is 19.9. The van der Waals surface area contributed by atoms with Crippen LogP contribution in [0.4, 0.5) is 0 Å². The van der Waals surface area contributed by atoms with E-state index in [2.05, 4.69) is 380 Å². The van der Waals surface area contributed by atoms with E-state index in [1.54, 1.807) is 0 Å². The Bertz CT molecular complexity index is 4300. The molecule has 1 N–H and O–H groups in total. The Morgan fingerprint density at radius 2 is 0.473 bits per heavy atom. The quantitative estimate of drug-likeness (QED) is 0.397. The average molecular weight is 909 g/mol. The summed E-state index contributed by atoms with van der Waals surface area (Å²) in [4.78, 5) is 0. The second kappa shape index (κ2) is 48.0. The monoisotopic (exact) mass is 908 g/mol. The predicted octanol–water partition coefficient (Wildman–Crippen LogP) is 2.20. The summed E-state index contributed by atoms with van der Waals surface area (Å²) in [5.74, 6) is 148. The second-order valence-electron chi connectivity index (χ2n) is 11.1. The Hall–Kier alpha value is -14.5. The minimum Gasteiger partial charge on any atom is -0.393 e. The van der Waals surface area contributed by atoms with Crippen molar-refractivity contribution in [2.45, 2.75) is 32.3 Å². The van der Waals surface area contributed by atoms with Crippen LogP contribution in [0, 0.1) is 375 Å². The van der Waals surface area contributed by atoms with Crippen LogP contribution in [-0.2, 0) is 12.8 Å². The van der Waals surface area contributed by atoms with Gasteiger partial charge >= 0.3 is 0 Å². The van der Waals surface area contributed by atoms with Gasteiger partial charge < -0.3 is 5.11 Å². The summed E-state index contributed by atoms with van der Waals surface area (Å²) >= 11 is 0. The van der Waals surface area contributed by atoms with Gasteiger partial charge in [-0.05, 0) is 138 Å². The summed E-state index contributed by atoms with van der Waals surface area (Å²) in [7, 11) is 0. The van der Waals surface area contributed by atoms with Crippen LogP contribution in [0.3, 0.4) is 0 Å². The van der Waals surface area contributed by atoms with Gasteiger partial charge in [0.15, 0.2) is 0 Å². The van der Waals surface area contributed by atoms with E-state index in [-0.39, 0.29) is 6.10 Å². The van der Waals surface area contributed by atoms with Crippen LogP contribution in [0.15, 0.2) is 18.2 Å². The summed E-state index contributed by atoms with van der Waals surface area (Å²) in [6.45, 7) is 2.12. The molecular formula is C73H16O. The lowest BCUT2D eigenvalue weighted by molar-refractivity contribution is 0.158. The molecule has 1 aromatic rings. The van der Waals surface area contributed by atoms with Crippen LogP contribution < -0.4 is 0 Å². The van der Waals surface area contributed by atoms with Gasteiger partial charge in [-0.2, -0.15) is 0 Å². The van der Waals surface area contributed by atoms with E-state index in [0.29, 0.717) is 0 Å². The van der Waals surface area contributed by atoms with Gasteiger partial charge in [0.1, 0.15) is 0 Å². The van der Waals surface area contributed by atoms with E-state index in [9.17, 15) is 5.11 Å². The molecule has 1 atom stereocenters. The molecular weight excluding hydrogens is 893 g/mol. The van der Waals surface area contributed by atoms with Crippen molar-refractivity contribution in [3.05, 3.63) is 34.9 Å². The Labute approximate surface area is 438 Å². The van der Waals surface area contributed by atoms with Crippen LogP contribution in [0.25, 0.3) is 0 Å². The summed E-state index contributed by atoms with van der Waals surface area (Å²) in [5.41, 5.74) is 4.13. The van der Waals surface area contributed by atoms with Crippen molar-refractivity contribution in [1.82, 2.24) is 0 Å². The molecule has 1 aromatic carbocycles. The van der Waals surface area contributed by atoms with Crippen molar-refractivity contribution in [3.8, 4) is 368 Å². The molecule has 1 aliphatic rings. The van der Waals surface area contributed by atoms with Crippen LogP contribution in [0.1, 0.15) is 23.1 Å². The number of hydrogen-bond acceptors (Lipinski definition) is 1. The van der Waals surface area contributed by atoms with E-state index < -0.39 is 0 Å². The predicted molar refractivity (Wildman–Crippen MR) is 292 cm³/mol. The van der Waals surface area contributed by atoms with Crippen molar-refractivity contribution < 1.29 is 5.11 Å². The number of fused-ring (bicyclic) bond motifs is 1. The molecule has 0 aromatic heterocycles. The maximum atomic E-state index is 9.48. The van der Waals surface area contributed by atoms with Gasteiger partial charge in [-0.1, -0.05) is 18.2 Å². The third-order valence-corrected chi connectivity index (χ3v) is 6.40. The number of rotatable bonds is 0. The number of benzene rings is 1. The molecule has 2 rings (SSSR count). The standard InChI is InChI=1S/C62H2.C11H14O/c1-3-5-7-9-11-13-15-17-19-21-23-25-27-29-31-33-35-37-39-41-43-45-47-49-51-53-55-57-59-61-62-60-58-56-54-52-50-48-46-44-42-40-38-36-34-32-30-28-26-24-22-20-18-16-14-12-10-8-6-4-2;1-8-3-2-4-9-5-6-10(12)7-11(8)9/h1-2H;2-4,10,12H,5-7H2,1H3/t;10-/m.1/s1. The first-order valence-electron chi connectivity index (χ1n) is 19.9. The van der Waals surface area contributed by atoms with Gasteiger partial charge in [0.2, 0.25) is 0 Å². The van der Waals surface area contributed by atoms with E-state index in [0.717, 1.165) is 19.3 Å². The van der Waals surface area contributed by atoms with E-state index in [4.69, 9.17) is 12.8 Å². The molecule has 0 aliphatic heterocycles. The molecule has 1 aliphatic carbocycles. The highest BCUT2D eigenvalue weighted by Crippen LogP contribution is 2.23. The first kappa shape index (κ1) is 57.6. The molecule has 0 unspecified atom stereocenters. The molecule has 0 amide bonds. The van der Waals surface area contributed by atoms with Crippen LogP contribution in [0.5, 0.6) is 0 Å². The maximum absolute atomic E-state index is 9.48. The van der Waals surface area contributed by atoms with Gasteiger partial charge in [0.25, 0.3) is 0 Å². The minimum atomic E-state index is -0.112. The summed E-state index contributed by atoms with van der Waals surface area (Å²) in [6, 6.07) is 6.40. The normalized spacial score (nSPS) is 6.84. The smallest absolute Gasteiger partial charge is 0.0583 e. The third-order valence-electron chi connectivity index (χ3n) is 6.40. The number of aliphatic hydroxyl groups is 1. The van der Waals surface area contributed by atoms with Crippen molar-refractivity contribution >= 4 is 0 Å². The second-order valence-corrected chi connectivity index (χ2v) is 11.1. The SMILES string of the molecule is C#CC#CC#CC#CC#CC#CC#CC#CC#CC#CC#CC#CC#CC#CC#CC#CC#CC#CC#CC#CC#CC#CC#CC#CC#CC#CC#CC#CC#CC#CC#C.Cc1cccc2c1C[C@H](O)CC2. The van der Waals surface area contributed by atoms with Gasteiger partial charge in [-0.15, -0.1) is 12.8 Å². The lowest BCUT2D eigenvalue weighted by atomic mass is 9.87. The van der Waals surface area contributed by atoms with E-state index in [1.807, 2.05) is 0 Å². The Balaban J connectivity index is 0.00000196. The lowest BCUT2D eigenvalue weighted by Crippen LogP contribution is -2.19. The molecule has 0 fully saturated rings. The highest BCUT2D eigenvalue weighted by atomic mass is 16.3. The molecule has 0 saturated heterocycles. The zero-order valence-corrected chi connectivity index (χ0v) is 38.5. The Kier molecular flexibility index (Phi) is 37.3. The van der Waals surface area contributed by atoms with Crippen molar-refractivity contribution in [2.24, 2.45) is 0 Å². The minimum absolute atomic E-state index is 0.112. The van der Waals surface area contributed by atoms with E-state index in [1.165, 1.54) is 16.7 Å². The molecule has 0 heterocycles. The Morgan fingerprint density at radius 3 is 0.649 bits per heavy atom. The van der Waals surface area contributed by atoms with Crippen molar-refractivity contribution in [3.63, 3.8) is 0 Å². The third kappa shape index (κ3) is 40.3. The summed E-state index contributed by atoms with van der Waals surface area (Å²) < 4.78 is 0.